The predicted octanol–water partition coefficient (Wildman–Crippen LogP) is 1.54. The molecule has 1 aliphatic carbocycles. The summed E-state index contributed by atoms with van der Waals surface area (Å²) in [5, 5.41) is 0. The van der Waals surface area contributed by atoms with E-state index < -0.39 is 0 Å². The molecule has 1 saturated heterocycles. The van der Waals surface area contributed by atoms with Gasteiger partial charge in [-0.3, -0.25) is 4.79 Å². The second-order valence-electron chi connectivity index (χ2n) is 5.41. The Morgan fingerprint density at radius 2 is 2.06 bits per heavy atom. The van der Waals surface area contributed by atoms with E-state index in [4.69, 9.17) is 5.73 Å². The molecule has 0 aromatic heterocycles. The molecular weight excluding hydrogens is 200 g/mol. The lowest BCUT2D eigenvalue weighted by molar-refractivity contribution is -0.138. The molecule has 0 aromatic carbocycles. The van der Waals surface area contributed by atoms with Gasteiger partial charge in [0.15, 0.2) is 0 Å². The van der Waals surface area contributed by atoms with Gasteiger partial charge >= 0.3 is 0 Å². The summed E-state index contributed by atoms with van der Waals surface area (Å²) in [4.78, 5) is 14.4. The molecule has 90 valence electrons. The number of carbonyl (C=O) groups is 1. The first-order valence-corrected chi connectivity index (χ1v) is 6.32. The first-order chi connectivity index (χ1) is 7.58. The summed E-state index contributed by atoms with van der Waals surface area (Å²) in [6, 6.07) is 0.473. The molecule has 0 saturated carbocycles. The molecule has 2 aliphatic rings. The Morgan fingerprint density at radius 1 is 1.31 bits per heavy atom. The van der Waals surface area contributed by atoms with Gasteiger partial charge < -0.3 is 10.6 Å². The number of amides is 1. The van der Waals surface area contributed by atoms with Gasteiger partial charge in [-0.15, -0.1) is 0 Å². The van der Waals surface area contributed by atoms with Gasteiger partial charge in [0.25, 0.3) is 0 Å². The van der Waals surface area contributed by atoms with Crippen molar-refractivity contribution in [2.24, 2.45) is 17.6 Å². The molecule has 3 nitrogen and oxygen atoms in total. The van der Waals surface area contributed by atoms with Crippen LogP contribution in [0.5, 0.6) is 0 Å². The standard InChI is InChI=1S/C13H22N2O/c1-9-3-4-10(2)15(8-9)13(16)11-5-6-12(14)7-11/h5-6,9-12H,3-4,7-8,14H2,1-2H3. The number of hydrogen-bond donors (Lipinski definition) is 1. The van der Waals surface area contributed by atoms with Gasteiger partial charge in [0.2, 0.25) is 5.91 Å². The Labute approximate surface area is 97.7 Å². The van der Waals surface area contributed by atoms with Crippen molar-refractivity contribution in [3.8, 4) is 0 Å². The zero-order valence-electron chi connectivity index (χ0n) is 10.2. The third-order valence-corrected chi connectivity index (χ3v) is 3.83. The Hall–Kier alpha value is -0.830. The average molecular weight is 222 g/mol. The monoisotopic (exact) mass is 222 g/mol. The fourth-order valence-electron chi connectivity index (χ4n) is 2.72. The van der Waals surface area contributed by atoms with Crippen LogP contribution in [0.15, 0.2) is 12.2 Å². The number of hydrogen-bond acceptors (Lipinski definition) is 2. The van der Waals surface area contributed by atoms with Crippen molar-refractivity contribution in [1.29, 1.82) is 0 Å². The summed E-state index contributed by atoms with van der Waals surface area (Å²) in [6.07, 6.45) is 7.11. The van der Waals surface area contributed by atoms with Crippen molar-refractivity contribution in [3.63, 3.8) is 0 Å². The fourth-order valence-corrected chi connectivity index (χ4v) is 2.72. The summed E-state index contributed by atoms with van der Waals surface area (Å²) in [5.74, 6) is 0.949. The first-order valence-electron chi connectivity index (χ1n) is 6.32. The number of nitrogens with zero attached hydrogens (tertiary/aromatic N) is 1. The smallest absolute Gasteiger partial charge is 0.229 e. The van der Waals surface area contributed by atoms with Crippen LogP contribution in [0.3, 0.4) is 0 Å². The van der Waals surface area contributed by atoms with E-state index in [0.717, 1.165) is 19.4 Å². The molecule has 4 unspecified atom stereocenters. The quantitative estimate of drug-likeness (QED) is 0.684. The minimum absolute atomic E-state index is 0.0303. The van der Waals surface area contributed by atoms with Crippen molar-refractivity contribution < 1.29 is 4.79 Å². The van der Waals surface area contributed by atoms with Crippen molar-refractivity contribution in [1.82, 2.24) is 4.90 Å². The molecule has 3 heteroatoms. The van der Waals surface area contributed by atoms with Crippen LogP contribution in [0, 0.1) is 11.8 Å². The van der Waals surface area contributed by atoms with E-state index in [-0.39, 0.29) is 17.9 Å². The molecule has 0 bridgehead atoms. The van der Waals surface area contributed by atoms with E-state index in [9.17, 15) is 4.79 Å². The number of carbonyl (C=O) groups excluding carboxylic acids is 1. The highest BCUT2D eigenvalue weighted by Gasteiger charge is 2.32. The highest BCUT2D eigenvalue weighted by Crippen LogP contribution is 2.26. The third kappa shape index (κ3) is 2.29. The Morgan fingerprint density at radius 3 is 2.69 bits per heavy atom. The normalized spacial score (nSPS) is 39.1. The summed E-state index contributed by atoms with van der Waals surface area (Å²) in [6.45, 7) is 5.30. The van der Waals surface area contributed by atoms with E-state index in [1.807, 2.05) is 12.2 Å². The molecule has 2 N–H and O–H groups in total. The van der Waals surface area contributed by atoms with Gasteiger partial charge in [0.05, 0.1) is 5.92 Å². The number of rotatable bonds is 1. The zero-order chi connectivity index (χ0) is 11.7. The van der Waals surface area contributed by atoms with Crippen LogP contribution in [0.2, 0.25) is 0 Å². The van der Waals surface area contributed by atoms with E-state index in [2.05, 4.69) is 18.7 Å². The maximum Gasteiger partial charge on any atom is 0.229 e. The maximum absolute atomic E-state index is 12.3. The molecule has 1 aliphatic heterocycles. The van der Waals surface area contributed by atoms with Gasteiger partial charge in [-0.2, -0.15) is 0 Å². The third-order valence-electron chi connectivity index (χ3n) is 3.83. The van der Waals surface area contributed by atoms with Gasteiger partial charge in [-0.05, 0) is 32.1 Å². The maximum atomic E-state index is 12.3. The number of likely N-dealkylation sites (tertiary alicyclic amines) is 1. The first kappa shape index (κ1) is 11.6. The minimum Gasteiger partial charge on any atom is -0.339 e. The molecule has 4 atom stereocenters. The topological polar surface area (TPSA) is 46.3 Å². The lowest BCUT2D eigenvalue weighted by atomic mass is 9.93. The Balaban J connectivity index is 2.00. The molecule has 0 spiro atoms. The molecule has 2 rings (SSSR count). The second-order valence-corrected chi connectivity index (χ2v) is 5.41. The van der Waals surface area contributed by atoms with E-state index in [1.165, 1.54) is 6.42 Å². The molecule has 1 fully saturated rings. The summed E-state index contributed by atoms with van der Waals surface area (Å²) < 4.78 is 0. The predicted molar refractivity (Wildman–Crippen MR) is 64.8 cm³/mol. The highest BCUT2D eigenvalue weighted by molar-refractivity contribution is 5.81. The lowest BCUT2D eigenvalue weighted by Crippen LogP contribution is -2.47. The fraction of sp³-hybridized carbons (Fsp3) is 0.769. The van der Waals surface area contributed by atoms with Crippen LogP contribution >= 0.6 is 0 Å². The van der Waals surface area contributed by atoms with E-state index in [1.54, 1.807) is 0 Å². The van der Waals surface area contributed by atoms with Crippen LogP contribution in [0.25, 0.3) is 0 Å². The number of nitrogens with two attached hydrogens (primary N) is 1. The highest BCUT2D eigenvalue weighted by atomic mass is 16.2. The van der Waals surface area contributed by atoms with Crippen molar-refractivity contribution >= 4 is 5.91 Å². The minimum atomic E-state index is 0.0303. The van der Waals surface area contributed by atoms with Crippen LogP contribution in [-0.2, 0) is 4.79 Å². The molecule has 16 heavy (non-hydrogen) atoms. The van der Waals surface area contributed by atoms with Crippen molar-refractivity contribution in [3.05, 3.63) is 12.2 Å². The van der Waals surface area contributed by atoms with Crippen molar-refractivity contribution in [2.75, 3.05) is 6.54 Å². The van der Waals surface area contributed by atoms with Crippen LogP contribution in [-0.4, -0.2) is 29.4 Å². The van der Waals surface area contributed by atoms with Gasteiger partial charge in [-0.1, -0.05) is 19.1 Å². The SMILES string of the molecule is CC1CCC(C)N(C(=O)C2C=CC(N)C2)C1. The Bertz CT molecular complexity index is 300. The van der Waals surface area contributed by atoms with Crippen LogP contribution in [0.1, 0.15) is 33.1 Å². The summed E-state index contributed by atoms with van der Waals surface area (Å²) in [5.41, 5.74) is 5.80. The largest absolute Gasteiger partial charge is 0.339 e. The summed E-state index contributed by atoms with van der Waals surface area (Å²) in [7, 11) is 0. The summed E-state index contributed by atoms with van der Waals surface area (Å²) >= 11 is 0. The zero-order valence-corrected chi connectivity index (χ0v) is 10.2. The van der Waals surface area contributed by atoms with Gasteiger partial charge in [0, 0.05) is 18.6 Å². The van der Waals surface area contributed by atoms with E-state index >= 15 is 0 Å². The van der Waals surface area contributed by atoms with E-state index in [0.29, 0.717) is 12.0 Å². The number of piperidine rings is 1. The molecule has 1 amide bonds. The second kappa shape index (κ2) is 4.58. The lowest BCUT2D eigenvalue weighted by Gasteiger charge is -2.38. The molecule has 0 radical (unpaired) electrons. The van der Waals surface area contributed by atoms with Crippen LogP contribution in [0.4, 0.5) is 0 Å². The average Bonchev–Trinajstić information content (AvgIpc) is 2.67. The van der Waals surface area contributed by atoms with Gasteiger partial charge in [0.1, 0.15) is 0 Å². The van der Waals surface area contributed by atoms with Gasteiger partial charge in [-0.25, -0.2) is 0 Å². The molecule has 0 aromatic rings. The Kier molecular flexibility index (Phi) is 3.33. The van der Waals surface area contributed by atoms with Crippen LogP contribution < -0.4 is 5.73 Å². The van der Waals surface area contributed by atoms with Crippen molar-refractivity contribution in [2.45, 2.75) is 45.2 Å². The molecule has 1 heterocycles. The molecular formula is C13H22N2O.